The van der Waals surface area contributed by atoms with Crippen LogP contribution in [0.25, 0.3) is 0 Å². The number of amides is 1. The summed E-state index contributed by atoms with van der Waals surface area (Å²) in [6.07, 6.45) is 9.18. The standard InChI is InChI=1S/C26H40N4O/c1-3-4-14-28-20-23-7-5-6-8-25(23)30(26(31)21-28)19-11-22-9-17-29(18-10-22)24-12-15-27(2)16-13-24/h3,5-8,22,24H,1,4,9-21H2,2H3. The van der Waals surface area contributed by atoms with E-state index in [-0.39, 0.29) is 5.91 Å². The summed E-state index contributed by atoms with van der Waals surface area (Å²) in [5.41, 5.74) is 2.40. The highest BCUT2D eigenvalue weighted by atomic mass is 16.2. The van der Waals surface area contributed by atoms with Gasteiger partial charge in [0.1, 0.15) is 0 Å². The topological polar surface area (TPSA) is 30.0 Å². The van der Waals surface area contributed by atoms with E-state index in [1.54, 1.807) is 0 Å². The average molecular weight is 425 g/mol. The SMILES string of the molecule is C=CCCN1CC(=O)N(CCC2CCN(C3CCN(C)CC3)CC2)c2ccccc2C1. The highest BCUT2D eigenvalue weighted by Crippen LogP contribution is 2.29. The molecule has 0 radical (unpaired) electrons. The second kappa shape index (κ2) is 10.8. The van der Waals surface area contributed by atoms with E-state index in [1.165, 1.54) is 57.4 Å². The van der Waals surface area contributed by atoms with Crippen molar-refractivity contribution in [3.63, 3.8) is 0 Å². The fraction of sp³-hybridized carbons (Fsp3) is 0.654. The molecule has 1 aromatic carbocycles. The Bertz CT molecular complexity index is 735. The third-order valence-corrected chi connectivity index (χ3v) is 7.60. The molecule has 170 valence electrons. The summed E-state index contributed by atoms with van der Waals surface area (Å²) in [5, 5.41) is 0. The first-order valence-corrected chi connectivity index (χ1v) is 12.3. The third kappa shape index (κ3) is 5.76. The predicted molar refractivity (Wildman–Crippen MR) is 128 cm³/mol. The van der Waals surface area contributed by atoms with Gasteiger partial charge in [-0.05, 0) is 89.3 Å². The Morgan fingerprint density at radius 3 is 2.48 bits per heavy atom. The Labute approximate surface area is 188 Å². The van der Waals surface area contributed by atoms with Crippen molar-refractivity contribution in [2.45, 2.75) is 51.1 Å². The normalized spacial score (nSPS) is 23.0. The van der Waals surface area contributed by atoms with Crippen molar-refractivity contribution in [3.05, 3.63) is 42.5 Å². The van der Waals surface area contributed by atoms with Crippen molar-refractivity contribution in [1.82, 2.24) is 14.7 Å². The zero-order valence-electron chi connectivity index (χ0n) is 19.3. The molecule has 0 saturated carbocycles. The summed E-state index contributed by atoms with van der Waals surface area (Å²) < 4.78 is 0. The lowest BCUT2D eigenvalue weighted by Crippen LogP contribution is -2.47. The Kier molecular flexibility index (Phi) is 7.81. The third-order valence-electron chi connectivity index (χ3n) is 7.60. The summed E-state index contributed by atoms with van der Waals surface area (Å²) in [6.45, 7) is 11.9. The van der Waals surface area contributed by atoms with Gasteiger partial charge in [-0.15, -0.1) is 6.58 Å². The predicted octanol–water partition coefficient (Wildman–Crippen LogP) is 3.61. The Balaban J connectivity index is 1.32. The maximum Gasteiger partial charge on any atom is 0.241 e. The lowest BCUT2D eigenvalue weighted by atomic mass is 9.91. The van der Waals surface area contributed by atoms with Crippen molar-refractivity contribution in [2.24, 2.45) is 5.92 Å². The number of hydrogen-bond acceptors (Lipinski definition) is 4. The van der Waals surface area contributed by atoms with Crippen LogP contribution in [-0.2, 0) is 11.3 Å². The number of para-hydroxylation sites is 1. The molecular weight excluding hydrogens is 384 g/mol. The van der Waals surface area contributed by atoms with Crippen LogP contribution < -0.4 is 4.90 Å². The van der Waals surface area contributed by atoms with Gasteiger partial charge in [0, 0.05) is 31.4 Å². The molecule has 2 saturated heterocycles. The summed E-state index contributed by atoms with van der Waals surface area (Å²) >= 11 is 0. The van der Waals surface area contributed by atoms with Crippen LogP contribution in [0.3, 0.4) is 0 Å². The van der Waals surface area contributed by atoms with Gasteiger partial charge >= 0.3 is 0 Å². The number of nitrogens with zero attached hydrogens (tertiary/aromatic N) is 4. The van der Waals surface area contributed by atoms with Crippen molar-refractivity contribution in [1.29, 1.82) is 0 Å². The van der Waals surface area contributed by atoms with Crippen LogP contribution in [0.1, 0.15) is 44.1 Å². The fourth-order valence-corrected chi connectivity index (χ4v) is 5.57. The molecule has 0 N–H and O–H groups in total. The Morgan fingerprint density at radius 2 is 1.74 bits per heavy atom. The van der Waals surface area contributed by atoms with E-state index >= 15 is 0 Å². The van der Waals surface area contributed by atoms with Gasteiger partial charge in [0.05, 0.1) is 6.54 Å². The molecule has 1 aromatic rings. The van der Waals surface area contributed by atoms with Crippen LogP contribution in [0.2, 0.25) is 0 Å². The van der Waals surface area contributed by atoms with Gasteiger partial charge in [0.25, 0.3) is 0 Å². The maximum atomic E-state index is 13.2. The minimum atomic E-state index is 0.248. The van der Waals surface area contributed by atoms with Crippen LogP contribution >= 0.6 is 0 Å². The van der Waals surface area contributed by atoms with Crippen molar-refractivity contribution >= 4 is 11.6 Å². The van der Waals surface area contributed by atoms with Crippen LogP contribution in [0.5, 0.6) is 0 Å². The van der Waals surface area contributed by atoms with E-state index in [9.17, 15) is 4.79 Å². The van der Waals surface area contributed by atoms with Gasteiger partial charge < -0.3 is 14.7 Å². The number of benzene rings is 1. The molecule has 0 bridgehead atoms. The second-order valence-corrected chi connectivity index (χ2v) is 9.76. The number of hydrogen-bond donors (Lipinski definition) is 0. The number of carbonyl (C=O) groups excluding carboxylic acids is 1. The van der Waals surface area contributed by atoms with Gasteiger partial charge in [-0.3, -0.25) is 9.69 Å². The molecule has 4 rings (SSSR count). The minimum absolute atomic E-state index is 0.248. The van der Waals surface area contributed by atoms with Gasteiger partial charge in [0.2, 0.25) is 5.91 Å². The van der Waals surface area contributed by atoms with Crippen molar-refractivity contribution < 1.29 is 4.79 Å². The molecular formula is C26H40N4O. The first-order valence-electron chi connectivity index (χ1n) is 12.3. The minimum Gasteiger partial charge on any atom is -0.311 e. The van der Waals surface area contributed by atoms with Gasteiger partial charge in [-0.1, -0.05) is 24.3 Å². The van der Waals surface area contributed by atoms with Gasteiger partial charge in [-0.25, -0.2) is 0 Å². The van der Waals surface area contributed by atoms with E-state index in [4.69, 9.17) is 0 Å². The van der Waals surface area contributed by atoms with Crippen molar-refractivity contribution in [2.75, 3.05) is 57.8 Å². The van der Waals surface area contributed by atoms with Crippen LogP contribution in [0, 0.1) is 5.92 Å². The molecule has 3 aliphatic heterocycles. The summed E-state index contributed by atoms with van der Waals surface area (Å²) in [5.74, 6) is 0.986. The average Bonchev–Trinajstić information content (AvgIpc) is 2.92. The van der Waals surface area contributed by atoms with Crippen LogP contribution in [-0.4, -0.2) is 79.5 Å². The molecule has 3 heterocycles. The van der Waals surface area contributed by atoms with E-state index in [0.29, 0.717) is 6.54 Å². The second-order valence-electron chi connectivity index (χ2n) is 9.76. The number of rotatable bonds is 7. The summed E-state index contributed by atoms with van der Waals surface area (Å²) in [4.78, 5) is 22.7. The first kappa shape index (κ1) is 22.5. The molecule has 0 aromatic heterocycles. The highest BCUT2D eigenvalue weighted by Gasteiger charge is 2.29. The molecule has 1 amide bonds. The molecule has 0 unspecified atom stereocenters. The Morgan fingerprint density at radius 1 is 1.00 bits per heavy atom. The molecule has 2 fully saturated rings. The monoisotopic (exact) mass is 424 g/mol. The fourth-order valence-electron chi connectivity index (χ4n) is 5.57. The molecule has 0 spiro atoms. The lowest BCUT2D eigenvalue weighted by molar-refractivity contribution is -0.119. The Hall–Kier alpha value is -1.69. The number of likely N-dealkylation sites (tertiary alicyclic amines) is 2. The van der Waals surface area contributed by atoms with Gasteiger partial charge in [-0.2, -0.15) is 0 Å². The van der Waals surface area contributed by atoms with E-state index in [2.05, 4.69) is 57.5 Å². The number of carbonyl (C=O) groups is 1. The number of piperidine rings is 2. The zero-order valence-corrected chi connectivity index (χ0v) is 19.3. The van der Waals surface area contributed by atoms with E-state index in [1.807, 2.05) is 6.08 Å². The number of fused-ring (bicyclic) bond motifs is 1. The molecule has 3 aliphatic rings. The number of anilines is 1. The largest absolute Gasteiger partial charge is 0.311 e. The van der Waals surface area contributed by atoms with E-state index in [0.717, 1.165) is 50.1 Å². The molecule has 5 heteroatoms. The molecule has 5 nitrogen and oxygen atoms in total. The summed E-state index contributed by atoms with van der Waals surface area (Å²) in [7, 11) is 2.24. The van der Waals surface area contributed by atoms with Gasteiger partial charge in [0.15, 0.2) is 0 Å². The van der Waals surface area contributed by atoms with E-state index < -0.39 is 0 Å². The first-order chi connectivity index (χ1) is 15.1. The van der Waals surface area contributed by atoms with Crippen LogP contribution in [0.15, 0.2) is 36.9 Å². The smallest absolute Gasteiger partial charge is 0.241 e. The molecule has 0 aliphatic carbocycles. The van der Waals surface area contributed by atoms with Crippen LogP contribution in [0.4, 0.5) is 5.69 Å². The highest BCUT2D eigenvalue weighted by molar-refractivity contribution is 5.96. The molecule has 0 atom stereocenters. The quantitative estimate of drug-likeness (QED) is 0.626. The zero-order chi connectivity index (χ0) is 21.6. The maximum absolute atomic E-state index is 13.2. The summed E-state index contributed by atoms with van der Waals surface area (Å²) in [6, 6.07) is 9.27. The molecule has 31 heavy (non-hydrogen) atoms. The van der Waals surface area contributed by atoms with Crippen molar-refractivity contribution in [3.8, 4) is 0 Å². The lowest BCUT2D eigenvalue weighted by Gasteiger charge is -2.41.